The van der Waals surface area contributed by atoms with Crippen LogP contribution in [0.25, 0.3) is 0 Å². The maximum atomic E-state index is 11.2. The quantitative estimate of drug-likeness (QED) is 0.671. The predicted octanol–water partition coefficient (Wildman–Crippen LogP) is 1.86. The third-order valence-electron chi connectivity index (χ3n) is 2.58. The van der Waals surface area contributed by atoms with Crippen LogP contribution in [-0.4, -0.2) is 30.3 Å². The van der Waals surface area contributed by atoms with Crippen LogP contribution >= 0.6 is 0 Å². The molecule has 106 valence electrons. The number of amides is 2. The summed E-state index contributed by atoms with van der Waals surface area (Å²) in [6.07, 6.45) is -0.606. The summed E-state index contributed by atoms with van der Waals surface area (Å²) in [7, 11) is 1.56. The molecule has 4 N–H and O–H groups in total. The van der Waals surface area contributed by atoms with Crippen molar-refractivity contribution in [2.45, 2.75) is 32.4 Å². The van der Waals surface area contributed by atoms with Crippen molar-refractivity contribution >= 4 is 11.7 Å². The Balaban J connectivity index is 2.67. The van der Waals surface area contributed by atoms with E-state index in [4.69, 9.17) is 0 Å². The summed E-state index contributed by atoms with van der Waals surface area (Å²) in [5.41, 5.74) is 1.39. The van der Waals surface area contributed by atoms with Gasteiger partial charge in [0.15, 0.2) is 0 Å². The molecule has 1 rings (SSSR count). The number of carbonyl (C=O) groups is 1. The summed E-state index contributed by atoms with van der Waals surface area (Å²) in [5, 5.41) is 18.5. The maximum absolute atomic E-state index is 11.2. The molecule has 1 atom stereocenters. The van der Waals surface area contributed by atoms with Crippen molar-refractivity contribution in [1.29, 1.82) is 0 Å². The van der Waals surface area contributed by atoms with Crippen LogP contribution in [0.1, 0.15) is 32.4 Å². The Morgan fingerprint density at radius 3 is 2.63 bits per heavy atom. The van der Waals surface area contributed by atoms with E-state index in [1.165, 1.54) is 0 Å². The van der Waals surface area contributed by atoms with E-state index in [2.05, 4.69) is 16.0 Å². The highest BCUT2D eigenvalue weighted by atomic mass is 16.3. The highest BCUT2D eigenvalue weighted by molar-refractivity contribution is 5.89. The molecule has 19 heavy (non-hydrogen) atoms. The van der Waals surface area contributed by atoms with Crippen molar-refractivity contribution < 1.29 is 9.90 Å². The number of hydrogen-bond acceptors (Lipinski definition) is 3. The minimum absolute atomic E-state index is 0.0427. The number of rotatable bonds is 4. The molecule has 1 unspecified atom stereocenters. The highest BCUT2D eigenvalue weighted by Gasteiger charge is 2.14. The Labute approximate surface area is 114 Å². The molecular formula is C14H23N3O2. The number of carbonyl (C=O) groups excluding carboxylic acids is 1. The second-order valence-electron chi connectivity index (χ2n) is 5.48. The van der Waals surface area contributed by atoms with E-state index in [-0.39, 0.29) is 11.6 Å². The molecule has 0 heterocycles. The molecule has 0 bridgehead atoms. The summed E-state index contributed by atoms with van der Waals surface area (Å²) in [6, 6.07) is 6.91. The van der Waals surface area contributed by atoms with Crippen LogP contribution in [0, 0.1) is 0 Å². The average molecular weight is 265 g/mol. The van der Waals surface area contributed by atoms with Gasteiger partial charge in [-0.2, -0.15) is 0 Å². The van der Waals surface area contributed by atoms with Gasteiger partial charge in [0.05, 0.1) is 6.10 Å². The zero-order chi connectivity index (χ0) is 14.5. The van der Waals surface area contributed by atoms with Gasteiger partial charge < -0.3 is 21.1 Å². The second kappa shape index (κ2) is 6.54. The monoisotopic (exact) mass is 265 g/mol. The summed E-state index contributed by atoms with van der Waals surface area (Å²) in [4.78, 5) is 11.2. The fourth-order valence-corrected chi connectivity index (χ4v) is 1.54. The first-order valence-corrected chi connectivity index (χ1v) is 6.33. The van der Waals surface area contributed by atoms with Crippen LogP contribution in [0.3, 0.4) is 0 Å². The van der Waals surface area contributed by atoms with Gasteiger partial charge in [-0.05, 0) is 38.5 Å². The molecule has 0 spiro atoms. The third kappa shape index (κ3) is 5.72. The Hall–Kier alpha value is -1.59. The van der Waals surface area contributed by atoms with Gasteiger partial charge in [0.1, 0.15) is 0 Å². The minimum Gasteiger partial charge on any atom is -0.387 e. The first-order chi connectivity index (χ1) is 8.81. The normalized spacial score (nSPS) is 12.9. The Morgan fingerprint density at radius 1 is 1.37 bits per heavy atom. The summed E-state index contributed by atoms with van der Waals surface area (Å²) >= 11 is 0. The van der Waals surface area contributed by atoms with Crippen LogP contribution in [-0.2, 0) is 0 Å². The molecule has 5 heteroatoms. The number of urea groups is 1. The summed E-state index contributed by atoms with van der Waals surface area (Å²) < 4.78 is 0. The molecule has 0 fully saturated rings. The van der Waals surface area contributed by atoms with Crippen molar-refractivity contribution in [1.82, 2.24) is 10.6 Å². The molecule has 0 saturated heterocycles. The van der Waals surface area contributed by atoms with E-state index in [0.29, 0.717) is 12.2 Å². The van der Waals surface area contributed by atoms with E-state index < -0.39 is 6.10 Å². The molecule has 0 aliphatic rings. The molecule has 1 aromatic rings. The smallest absolute Gasteiger partial charge is 0.318 e. The van der Waals surface area contributed by atoms with Gasteiger partial charge in [0, 0.05) is 24.8 Å². The zero-order valence-electron chi connectivity index (χ0n) is 11.9. The first kappa shape index (κ1) is 15.5. The zero-order valence-corrected chi connectivity index (χ0v) is 11.9. The van der Waals surface area contributed by atoms with Crippen LogP contribution in [0.15, 0.2) is 24.3 Å². The van der Waals surface area contributed by atoms with Crippen molar-refractivity contribution in [3.8, 4) is 0 Å². The van der Waals surface area contributed by atoms with Gasteiger partial charge in [-0.15, -0.1) is 0 Å². The van der Waals surface area contributed by atoms with Crippen molar-refractivity contribution in [2.24, 2.45) is 0 Å². The van der Waals surface area contributed by atoms with E-state index in [1.54, 1.807) is 25.2 Å². The van der Waals surface area contributed by atoms with Gasteiger partial charge in [0.25, 0.3) is 0 Å². The first-order valence-electron chi connectivity index (χ1n) is 6.33. The van der Waals surface area contributed by atoms with E-state index in [1.807, 2.05) is 26.8 Å². The van der Waals surface area contributed by atoms with Crippen LogP contribution in [0.2, 0.25) is 0 Å². The molecule has 0 aliphatic heterocycles. The lowest BCUT2D eigenvalue weighted by molar-refractivity contribution is 0.163. The molecule has 5 nitrogen and oxygen atoms in total. The van der Waals surface area contributed by atoms with Crippen molar-refractivity contribution in [3.63, 3.8) is 0 Å². The fraction of sp³-hybridized carbons (Fsp3) is 0.500. The van der Waals surface area contributed by atoms with Gasteiger partial charge in [0.2, 0.25) is 0 Å². The lowest BCUT2D eigenvalue weighted by Gasteiger charge is -2.23. The average Bonchev–Trinajstić information content (AvgIpc) is 2.35. The van der Waals surface area contributed by atoms with E-state index >= 15 is 0 Å². The Kier molecular flexibility index (Phi) is 5.32. The molecule has 0 aliphatic carbocycles. The number of nitrogens with one attached hydrogen (secondary N) is 3. The topological polar surface area (TPSA) is 73.4 Å². The Bertz CT molecular complexity index is 427. The predicted molar refractivity (Wildman–Crippen MR) is 77.2 cm³/mol. The third-order valence-corrected chi connectivity index (χ3v) is 2.58. The van der Waals surface area contributed by atoms with Crippen LogP contribution in [0.5, 0.6) is 0 Å². The number of hydrogen-bond donors (Lipinski definition) is 4. The Morgan fingerprint density at radius 2 is 2.05 bits per heavy atom. The SMILES string of the molecule is CNC(=O)Nc1cccc(C(O)CNC(C)(C)C)c1. The second-order valence-corrected chi connectivity index (χ2v) is 5.48. The molecule has 1 aromatic carbocycles. The van der Waals surface area contributed by atoms with E-state index in [0.717, 1.165) is 5.56 Å². The number of aliphatic hydroxyl groups excluding tert-OH is 1. The lowest BCUT2D eigenvalue weighted by Crippen LogP contribution is -2.38. The maximum Gasteiger partial charge on any atom is 0.318 e. The van der Waals surface area contributed by atoms with Crippen molar-refractivity contribution in [2.75, 3.05) is 18.9 Å². The molecular weight excluding hydrogens is 242 g/mol. The van der Waals surface area contributed by atoms with Gasteiger partial charge in [-0.1, -0.05) is 12.1 Å². The molecule has 2 amide bonds. The van der Waals surface area contributed by atoms with E-state index in [9.17, 15) is 9.90 Å². The largest absolute Gasteiger partial charge is 0.387 e. The molecule has 0 aromatic heterocycles. The van der Waals surface area contributed by atoms with Crippen LogP contribution in [0.4, 0.5) is 10.5 Å². The van der Waals surface area contributed by atoms with Gasteiger partial charge in [-0.3, -0.25) is 0 Å². The fourth-order valence-electron chi connectivity index (χ4n) is 1.54. The van der Waals surface area contributed by atoms with Crippen molar-refractivity contribution in [3.05, 3.63) is 29.8 Å². The lowest BCUT2D eigenvalue weighted by atomic mass is 10.1. The van der Waals surface area contributed by atoms with Gasteiger partial charge in [-0.25, -0.2) is 4.79 Å². The van der Waals surface area contributed by atoms with Crippen LogP contribution < -0.4 is 16.0 Å². The number of β-amino-alcohol motifs (C(OH)–C–C–N with tert-alkyl or cyclic N) is 1. The standard InChI is InChI=1S/C14H23N3O2/c1-14(2,3)16-9-12(18)10-6-5-7-11(8-10)17-13(19)15-4/h5-8,12,16,18H,9H2,1-4H3,(H2,15,17,19). The number of anilines is 1. The summed E-state index contributed by atoms with van der Waals surface area (Å²) in [6.45, 7) is 6.60. The minimum atomic E-state index is -0.606. The number of benzene rings is 1. The molecule has 0 radical (unpaired) electrons. The summed E-state index contributed by atoms with van der Waals surface area (Å²) in [5.74, 6) is 0. The highest BCUT2D eigenvalue weighted by Crippen LogP contribution is 2.17. The number of aliphatic hydroxyl groups is 1. The molecule has 0 saturated carbocycles. The van der Waals surface area contributed by atoms with Gasteiger partial charge >= 0.3 is 6.03 Å².